The SMILES string of the molecule is CC(=O)[C@@]1(C)CC[C@]2(C)CC[C@]3(C)C(=CC(=O)[C@@H]4[C@@]5(C)CC[C@H](N)C(C)(C)[C@@H]5CC[C@]43C)[C@@H]2C1. The maximum Gasteiger partial charge on any atom is 0.159 e. The van der Waals surface area contributed by atoms with Gasteiger partial charge in [-0.3, -0.25) is 9.59 Å². The van der Waals surface area contributed by atoms with Gasteiger partial charge in [-0.1, -0.05) is 54.0 Å². The van der Waals surface area contributed by atoms with Crippen molar-refractivity contribution < 1.29 is 9.59 Å². The highest BCUT2D eigenvalue weighted by atomic mass is 16.1. The molecule has 0 aromatic rings. The first-order valence-corrected chi connectivity index (χ1v) is 14.1. The van der Waals surface area contributed by atoms with E-state index in [0.717, 1.165) is 38.5 Å². The molecule has 0 radical (unpaired) electrons. The molecule has 0 unspecified atom stereocenters. The van der Waals surface area contributed by atoms with E-state index in [1.807, 2.05) is 0 Å². The Balaban J connectivity index is 1.62. The third-order valence-electron chi connectivity index (χ3n) is 13.5. The van der Waals surface area contributed by atoms with Crippen LogP contribution in [-0.4, -0.2) is 17.6 Å². The lowest BCUT2D eigenvalue weighted by molar-refractivity contribution is -0.187. The summed E-state index contributed by atoms with van der Waals surface area (Å²) in [6, 6.07) is 0.220. The maximum atomic E-state index is 14.3. The third-order valence-corrected chi connectivity index (χ3v) is 13.5. The van der Waals surface area contributed by atoms with Crippen LogP contribution >= 0.6 is 0 Å². The van der Waals surface area contributed by atoms with Gasteiger partial charge in [0.2, 0.25) is 0 Å². The van der Waals surface area contributed by atoms with E-state index in [2.05, 4.69) is 54.5 Å². The molecule has 5 aliphatic carbocycles. The Bertz CT molecular complexity index is 964. The Morgan fingerprint density at radius 1 is 0.912 bits per heavy atom. The highest BCUT2D eigenvalue weighted by Crippen LogP contribution is 2.75. The Hall–Kier alpha value is -0.960. The number of allylic oxidation sites excluding steroid dienone is 2. The third kappa shape index (κ3) is 2.86. The Labute approximate surface area is 208 Å². The average molecular weight is 468 g/mol. The molecule has 4 fully saturated rings. The molecule has 0 aromatic heterocycles. The number of hydrogen-bond acceptors (Lipinski definition) is 3. The molecule has 5 rings (SSSR count). The van der Waals surface area contributed by atoms with Crippen molar-refractivity contribution in [1.82, 2.24) is 0 Å². The largest absolute Gasteiger partial charge is 0.327 e. The zero-order valence-electron chi connectivity index (χ0n) is 23.1. The molecule has 3 nitrogen and oxygen atoms in total. The maximum absolute atomic E-state index is 14.3. The number of hydrogen-bond donors (Lipinski definition) is 1. The molecule has 0 heterocycles. The van der Waals surface area contributed by atoms with Crippen molar-refractivity contribution >= 4 is 11.6 Å². The van der Waals surface area contributed by atoms with Crippen molar-refractivity contribution in [2.24, 2.45) is 56.0 Å². The highest BCUT2D eigenvalue weighted by molar-refractivity contribution is 5.95. The summed E-state index contributed by atoms with van der Waals surface area (Å²) in [6.45, 7) is 18.5. The van der Waals surface area contributed by atoms with Crippen molar-refractivity contribution in [3.8, 4) is 0 Å². The lowest BCUT2D eigenvalue weighted by Crippen LogP contribution is -2.67. The molecule has 0 saturated heterocycles. The summed E-state index contributed by atoms with van der Waals surface area (Å²) < 4.78 is 0. The standard InChI is InChI=1S/C31H49NO2/c1-19(33)28(5)14-13-27(4)15-16-30(7)20(21(27)18-28)17-22(34)25-29(6)11-10-24(32)26(2,3)23(29)9-12-31(25,30)8/h17,21,23-25H,9-16,18,32H2,1-8H3/t21-,23-,24-,25+,27+,28-,29-,30+,31+/m0/s1. The summed E-state index contributed by atoms with van der Waals surface area (Å²) in [5.41, 5.74) is 8.11. The predicted octanol–water partition coefficient (Wildman–Crippen LogP) is 6.88. The van der Waals surface area contributed by atoms with Crippen LogP contribution in [0.2, 0.25) is 0 Å². The van der Waals surface area contributed by atoms with Crippen molar-refractivity contribution in [1.29, 1.82) is 0 Å². The molecule has 34 heavy (non-hydrogen) atoms. The number of Topliss-reactive ketones (excluding diaryl/α,β-unsaturated/α-hetero) is 1. The van der Waals surface area contributed by atoms with Gasteiger partial charge < -0.3 is 5.73 Å². The number of ketones is 2. The highest BCUT2D eigenvalue weighted by Gasteiger charge is 2.70. The first-order chi connectivity index (χ1) is 15.6. The monoisotopic (exact) mass is 467 g/mol. The summed E-state index contributed by atoms with van der Waals surface area (Å²) in [4.78, 5) is 27.0. The Morgan fingerprint density at radius 2 is 1.56 bits per heavy atom. The van der Waals surface area contributed by atoms with Crippen LogP contribution in [0.1, 0.15) is 113 Å². The van der Waals surface area contributed by atoms with Crippen molar-refractivity contribution in [3.63, 3.8) is 0 Å². The average Bonchev–Trinajstić information content (AvgIpc) is 2.73. The zero-order chi connectivity index (χ0) is 25.1. The van der Waals surface area contributed by atoms with Crippen molar-refractivity contribution in [2.75, 3.05) is 0 Å². The molecule has 4 saturated carbocycles. The molecule has 0 aliphatic heterocycles. The van der Waals surface area contributed by atoms with Crippen LogP contribution in [0.5, 0.6) is 0 Å². The number of fused-ring (bicyclic) bond motifs is 7. The smallest absolute Gasteiger partial charge is 0.159 e. The second-order valence-electron chi connectivity index (χ2n) is 15.3. The van der Waals surface area contributed by atoms with Gasteiger partial charge in [0, 0.05) is 17.4 Å². The van der Waals surface area contributed by atoms with E-state index in [0.29, 0.717) is 23.4 Å². The lowest BCUT2D eigenvalue weighted by Gasteiger charge is -2.70. The van der Waals surface area contributed by atoms with Gasteiger partial charge in [0.25, 0.3) is 0 Å². The van der Waals surface area contributed by atoms with E-state index in [1.165, 1.54) is 24.8 Å². The van der Waals surface area contributed by atoms with Crippen LogP contribution in [0.15, 0.2) is 11.6 Å². The summed E-state index contributed by atoms with van der Waals surface area (Å²) >= 11 is 0. The minimum absolute atomic E-state index is 0.00963. The van der Waals surface area contributed by atoms with Gasteiger partial charge in [-0.25, -0.2) is 0 Å². The van der Waals surface area contributed by atoms with Gasteiger partial charge in [-0.15, -0.1) is 0 Å². The molecule has 0 bridgehead atoms. The molecule has 5 aliphatic rings. The minimum atomic E-state index is -0.253. The second-order valence-corrected chi connectivity index (χ2v) is 15.3. The fourth-order valence-electron chi connectivity index (χ4n) is 10.5. The number of carbonyl (C=O) groups is 2. The minimum Gasteiger partial charge on any atom is -0.327 e. The molecule has 0 amide bonds. The summed E-state index contributed by atoms with van der Waals surface area (Å²) in [6.07, 6.45) is 11.9. The molecular formula is C31H49NO2. The van der Waals surface area contributed by atoms with E-state index in [9.17, 15) is 9.59 Å². The molecule has 3 heteroatoms. The quantitative estimate of drug-likeness (QED) is 0.457. The van der Waals surface area contributed by atoms with E-state index >= 15 is 0 Å². The van der Waals surface area contributed by atoms with Gasteiger partial charge in [0.05, 0.1) is 0 Å². The normalized spacial score (nSPS) is 54.1. The number of carbonyl (C=O) groups excluding carboxylic acids is 2. The van der Waals surface area contributed by atoms with Crippen molar-refractivity contribution in [2.45, 2.75) is 119 Å². The first kappa shape index (κ1) is 24.7. The Morgan fingerprint density at radius 3 is 2.21 bits per heavy atom. The zero-order valence-corrected chi connectivity index (χ0v) is 23.1. The topological polar surface area (TPSA) is 60.2 Å². The molecule has 2 N–H and O–H groups in total. The molecule has 9 atom stereocenters. The summed E-state index contributed by atoms with van der Waals surface area (Å²) in [5.74, 6) is 1.62. The van der Waals surface area contributed by atoms with E-state index in [4.69, 9.17) is 5.73 Å². The molecule has 0 aromatic carbocycles. The van der Waals surface area contributed by atoms with E-state index in [1.54, 1.807) is 6.92 Å². The van der Waals surface area contributed by atoms with Crippen LogP contribution in [0, 0.1) is 50.2 Å². The van der Waals surface area contributed by atoms with Crippen molar-refractivity contribution in [3.05, 3.63) is 11.6 Å². The van der Waals surface area contributed by atoms with E-state index in [-0.39, 0.29) is 44.4 Å². The van der Waals surface area contributed by atoms with Gasteiger partial charge in [-0.05, 0) is 110 Å². The first-order valence-electron chi connectivity index (χ1n) is 14.1. The fraction of sp³-hybridized carbons (Fsp3) is 0.871. The number of rotatable bonds is 1. The van der Waals surface area contributed by atoms with Gasteiger partial charge in [0.1, 0.15) is 5.78 Å². The van der Waals surface area contributed by atoms with Crippen LogP contribution in [0.25, 0.3) is 0 Å². The van der Waals surface area contributed by atoms with Gasteiger partial charge >= 0.3 is 0 Å². The number of nitrogens with two attached hydrogens (primary N) is 1. The van der Waals surface area contributed by atoms with Crippen LogP contribution in [-0.2, 0) is 9.59 Å². The molecule has 190 valence electrons. The second kappa shape index (κ2) is 7.08. The Kier molecular flexibility index (Phi) is 5.15. The van der Waals surface area contributed by atoms with Gasteiger partial charge in [0.15, 0.2) is 5.78 Å². The lowest BCUT2D eigenvalue weighted by atomic mass is 9.33. The summed E-state index contributed by atoms with van der Waals surface area (Å²) in [5, 5.41) is 0. The van der Waals surface area contributed by atoms with E-state index < -0.39 is 0 Å². The molecule has 0 spiro atoms. The fourth-order valence-corrected chi connectivity index (χ4v) is 10.5. The predicted molar refractivity (Wildman–Crippen MR) is 138 cm³/mol. The molecular weight excluding hydrogens is 418 g/mol. The van der Waals surface area contributed by atoms with Crippen LogP contribution in [0.3, 0.4) is 0 Å². The van der Waals surface area contributed by atoms with Gasteiger partial charge in [-0.2, -0.15) is 0 Å². The van der Waals surface area contributed by atoms with Crippen LogP contribution < -0.4 is 5.73 Å². The van der Waals surface area contributed by atoms with Crippen LogP contribution in [0.4, 0.5) is 0 Å². The summed E-state index contributed by atoms with van der Waals surface area (Å²) in [7, 11) is 0.